The van der Waals surface area contributed by atoms with E-state index in [9.17, 15) is 4.79 Å². The maximum Gasteiger partial charge on any atom is 0.243 e. The van der Waals surface area contributed by atoms with Crippen LogP contribution < -0.4 is 11.1 Å². The molecule has 0 unspecified atom stereocenters. The first-order valence-electron chi connectivity index (χ1n) is 6.25. The van der Waals surface area contributed by atoms with Gasteiger partial charge in [-0.2, -0.15) is 0 Å². The predicted octanol–water partition coefficient (Wildman–Crippen LogP) is 3.49. The summed E-state index contributed by atoms with van der Waals surface area (Å²) in [5.41, 5.74) is 7.65. The highest BCUT2D eigenvalue weighted by Gasteiger charge is 2.18. The summed E-state index contributed by atoms with van der Waals surface area (Å²) in [7, 11) is 0. The Morgan fingerprint density at radius 2 is 2.20 bits per heavy atom. The fraction of sp³-hybridized carbons (Fsp3) is 0.286. The second-order valence-electron chi connectivity index (χ2n) is 4.81. The van der Waals surface area contributed by atoms with E-state index in [0.717, 1.165) is 15.7 Å². The van der Waals surface area contributed by atoms with Crippen LogP contribution in [-0.4, -0.2) is 16.9 Å². The van der Waals surface area contributed by atoms with E-state index in [0.29, 0.717) is 5.13 Å². The van der Waals surface area contributed by atoms with Gasteiger partial charge in [0.25, 0.3) is 0 Å². The van der Waals surface area contributed by atoms with Gasteiger partial charge in [-0.15, -0.1) is 11.3 Å². The highest BCUT2D eigenvalue weighted by molar-refractivity contribution is 9.10. The van der Waals surface area contributed by atoms with Crippen molar-refractivity contribution in [1.29, 1.82) is 0 Å². The zero-order valence-corrected chi connectivity index (χ0v) is 13.7. The standard InChI is InChI=1S/C14H16BrN3OS/c1-8(2)12(16)13(19)18-14-17-11(7-20-14)9-4-3-5-10(15)6-9/h3-8,12H,16H2,1-2H3,(H,17,18,19)/t12-/m0/s1. The minimum absolute atomic E-state index is 0.0968. The van der Waals surface area contributed by atoms with Crippen molar-refractivity contribution in [2.24, 2.45) is 11.7 Å². The van der Waals surface area contributed by atoms with E-state index in [4.69, 9.17) is 5.73 Å². The van der Waals surface area contributed by atoms with Gasteiger partial charge < -0.3 is 11.1 Å². The van der Waals surface area contributed by atoms with Crippen molar-refractivity contribution < 1.29 is 4.79 Å². The molecule has 4 nitrogen and oxygen atoms in total. The molecule has 0 spiro atoms. The Hall–Kier alpha value is -1.24. The number of nitrogens with one attached hydrogen (secondary N) is 1. The molecule has 0 fully saturated rings. The topological polar surface area (TPSA) is 68.0 Å². The van der Waals surface area contributed by atoms with Gasteiger partial charge in [-0.1, -0.05) is 41.9 Å². The van der Waals surface area contributed by atoms with E-state index in [-0.39, 0.29) is 11.8 Å². The monoisotopic (exact) mass is 353 g/mol. The Labute approximate surface area is 130 Å². The summed E-state index contributed by atoms with van der Waals surface area (Å²) in [6, 6.07) is 7.35. The van der Waals surface area contributed by atoms with E-state index < -0.39 is 6.04 Å². The van der Waals surface area contributed by atoms with Gasteiger partial charge in [-0.3, -0.25) is 4.79 Å². The van der Waals surface area contributed by atoms with Gasteiger partial charge >= 0.3 is 0 Å². The molecule has 0 radical (unpaired) electrons. The number of aromatic nitrogens is 1. The molecular formula is C14H16BrN3OS. The lowest BCUT2D eigenvalue weighted by molar-refractivity contribution is -0.118. The summed E-state index contributed by atoms with van der Waals surface area (Å²) in [4.78, 5) is 16.3. The molecule has 1 aromatic carbocycles. The maximum absolute atomic E-state index is 11.9. The van der Waals surface area contributed by atoms with E-state index in [1.165, 1.54) is 11.3 Å². The fourth-order valence-electron chi connectivity index (χ4n) is 1.60. The third-order valence-electron chi connectivity index (χ3n) is 2.88. The Morgan fingerprint density at radius 3 is 2.85 bits per heavy atom. The van der Waals surface area contributed by atoms with Crippen LogP contribution in [0.3, 0.4) is 0 Å². The fourth-order valence-corrected chi connectivity index (χ4v) is 2.72. The summed E-state index contributed by atoms with van der Waals surface area (Å²) >= 11 is 4.82. The smallest absolute Gasteiger partial charge is 0.243 e. The second kappa shape index (κ2) is 6.47. The molecule has 106 valence electrons. The molecule has 6 heteroatoms. The Bertz CT molecular complexity index is 612. The Balaban J connectivity index is 2.12. The number of anilines is 1. The Morgan fingerprint density at radius 1 is 1.45 bits per heavy atom. The maximum atomic E-state index is 11.9. The lowest BCUT2D eigenvalue weighted by atomic mass is 10.1. The van der Waals surface area contributed by atoms with Crippen molar-refractivity contribution in [2.45, 2.75) is 19.9 Å². The molecule has 0 aliphatic rings. The van der Waals surface area contributed by atoms with E-state index >= 15 is 0 Å². The van der Waals surface area contributed by atoms with Crippen LogP contribution in [0.15, 0.2) is 34.1 Å². The number of amides is 1. The first kappa shape index (κ1) is 15.2. The number of nitrogens with two attached hydrogens (primary N) is 1. The zero-order chi connectivity index (χ0) is 14.7. The van der Waals surface area contributed by atoms with Gasteiger partial charge in [-0.25, -0.2) is 4.98 Å². The molecule has 1 atom stereocenters. The number of hydrogen-bond acceptors (Lipinski definition) is 4. The third kappa shape index (κ3) is 3.65. The van der Waals surface area contributed by atoms with Crippen molar-refractivity contribution in [3.63, 3.8) is 0 Å². The molecule has 0 saturated carbocycles. The van der Waals surface area contributed by atoms with Gasteiger partial charge in [0.1, 0.15) is 0 Å². The highest BCUT2D eigenvalue weighted by Crippen LogP contribution is 2.26. The van der Waals surface area contributed by atoms with Crippen LogP contribution in [0.25, 0.3) is 11.3 Å². The minimum Gasteiger partial charge on any atom is -0.320 e. The SMILES string of the molecule is CC(C)[C@H](N)C(=O)Nc1nc(-c2cccc(Br)c2)cs1. The lowest BCUT2D eigenvalue weighted by Gasteiger charge is -2.13. The number of nitrogens with zero attached hydrogens (tertiary/aromatic N) is 1. The van der Waals surface area contributed by atoms with Gasteiger partial charge in [-0.05, 0) is 18.1 Å². The van der Waals surface area contributed by atoms with Gasteiger partial charge in [0.15, 0.2) is 5.13 Å². The van der Waals surface area contributed by atoms with Gasteiger partial charge in [0.05, 0.1) is 11.7 Å². The third-order valence-corrected chi connectivity index (χ3v) is 4.13. The van der Waals surface area contributed by atoms with Crippen LogP contribution in [0, 0.1) is 5.92 Å². The average Bonchev–Trinajstić information content (AvgIpc) is 2.86. The summed E-state index contributed by atoms with van der Waals surface area (Å²) in [5, 5.41) is 5.24. The molecule has 0 saturated heterocycles. The summed E-state index contributed by atoms with van der Waals surface area (Å²) in [6.45, 7) is 3.83. The largest absolute Gasteiger partial charge is 0.320 e. The van der Waals surface area contributed by atoms with Crippen LogP contribution in [0.4, 0.5) is 5.13 Å². The van der Waals surface area contributed by atoms with Crippen molar-refractivity contribution in [3.8, 4) is 11.3 Å². The molecule has 20 heavy (non-hydrogen) atoms. The Kier molecular flexibility index (Phi) is 4.91. The van der Waals surface area contributed by atoms with Crippen LogP contribution >= 0.6 is 27.3 Å². The van der Waals surface area contributed by atoms with E-state index in [1.807, 2.05) is 43.5 Å². The normalized spacial score (nSPS) is 12.4. The number of rotatable bonds is 4. The van der Waals surface area contributed by atoms with E-state index in [2.05, 4.69) is 26.2 Å². The number of halogens is 1. The molecule has 0 bridgehead atoms. The van der Waals surface area contributed by atoms with Gasteiger partial charge in [0.2, 0.25) is 5.91 Å². The van der Waals surface area contributed by atoms with Gasteiger partial charge in [0, 0.05) is 15.4 Å². The number of thiazole rings is 1. The number of carbonyl (C=O) groups excluding carboxylic acids is 1. The summed E-state index contributed by atoms with van der Waals surface area (Å²) in [6.07, 6.45) is 0. The first-order chi connectivity index (χ1) is 9.47. The van der Waals surface area contributed by atoms with Crippen molar-refractivity contribution >= 4 is 38.3 Å². The molecule has 1 amide bonds. The zero-order valence-electron chi connectivity index (χ0n) is 11.3. The predicted molar refractivity (Wildman–Crippen MR) is 86.7 cm³/mol. The molecular weight excluding hydrogens is 338 g/mol. The van der Waals surface area contributed by atoms with Crippen molar-refractivity contribution in [3.05, 3.63) is 34.1 Å². The molecule has 1 aromatic heterocycles. The summed E-state index contributed by atoms with van der Waals surface area (Å²) < 4.78 is 0.996. The minimum atomic E-state index is -0.520. The van der Waals surface area contributed by atoms with Crippen LogP contribution in [0.1, 0.15) is 13.8 Å². The quantitative estimate of drug-likeness (QED) is 0.883. The molecule has 2 rings (SSSR count). The molecule has 1 heterocycles. The number of hydrogen-bond donors (Lipinski definition) is 2. The molecule has 3 N–H and O–H groups in total. The number of carbonyl (C=O) groups is 1. The van der Waals surface area contributed by atoms with Crippen molar-refractivity contribution in [2.75, 3.05) is 5.32 Å². The van der Waals surface area contributed by atoms with Crippen molar-refractivity contribution in [1.82, 2.24) is 4.98 Å². The first-order valence-corrected chi connectivity index (χ1v) is 7.92. The van der Waals surface area contributed by atoms with Crippen LogP contribution in [-0.2, 0) is 4.79 Å². The molecule has 2 aromatic rings. The molecule has 0 aliphatic carbocycles. The van der Waals surface area contributed by atoms with Crippen LogP contribution in [0.2, 0.25) is 0 Å². The lowest BCUT2D eigenvalue weighted by Crippen LogP contribution is -2.39. The summed E-state index contributed by atoms with van der Waals surface area (Å²) in [5.74, 6) is -0.102. The van der Waals surface area contributed by atoms with Crippen LogP contribution in [0.5, 0.6) is 0 Å². The average molecular weight is 354 g/mol. The number of benzene rings is 1. The second-order valence-corrected chi connectivity index (χ2v) is 6.58. The molecule has 0 aliphatic heterocycles. The highest BCUT2D eigenvalue weighted by atomic mass is 79.9. The van der Waals surface area contributed by atoms with E-state index in [1.54, 1.807) is 0 Å².